The van der Waals surface area contributed by atoms with Crippen LogP contribution in [-0.2, 0) is 18.3 Å². The lowest BCUT2D eigenvalue weighted by Gasteiger charge is -2.33. The van der Waals surface area contributed by atoms with E-state index in [0.717, 1.165) is 48.9 Å². The number of piperidine rings is 1. The van der Waals surface area contributed by atoms with E-state index in [1.807, 2.05) is 35.6 Å². The molecule has 1 aliphatic rings. The van der Waals surface area contributed by atoms with Crippen molar-refractivity contribution < 1.29 is 4.79 Å². The number of hydrogen-bond donors (Lipinski definition) is 0. The van der Waals surface area contributed by atoms with Gasteiger partial charge in [-0.25, -0.2) is 0 Å². The molecule has 4 rings (SSSR count). The summed E-state index contributed by atoms with van der Waals surface area (Å²) in [5, 5.41) is 9.16. The van der Waals surface area contributed by atoms with E-state index in [9.17, 15) is 4.79 Å². The molecule has 0 N–H and O–H groups in total. The second kappa shape index (κ2) is 9.43. The van der Waals surface area contributed by atoms with Crippen molar-refractivity contribution in [1.82, 2.24) is 24.6 Å². The molecule has 6 nitrogen and oxygen atoms in total. The van der Waals surface area contributed by atoms with Crippen LogP contribution >= 0.6 is 11.8 Å². The van der Waals surface area contributed by atoms with Gasteiger partial charge in [-0.2, -0.15) is 0 Å². The van der Waals surface area contributed by atoms with Crippen molar-refractivity contribution in [3.8, 4) is 11.4 Å². The Morgan fingerprint density at radius 3 is 2.50 bits per heavy atom. The van der Waals surface area contributed by atoms with E-state index >= 15 is 0 Å². The largest absolute Gasteiger partial charge is 0.342 e. The van der Waals surface area contributed by atoms with Crippen molar-refractivity contribution >= 4 is 17.7 Å². The molecule has 3 heterocycles. The first-order valence-electron chi connectivity index (χ1n) is 10.4. The van der Waals surface area contributed by atoms with Crippen LogP contribution in [0.15, 0.2) is 60.0 Å². The second-order valence-corrected chi connectivity index (χ2v) is 9.13. The van der Waals surface area contributed by atoms with E-state index in [2.05, 4.69) is 45.5 Å². The summed E-state index contributed by atoms with van der Waals surface area (Å²) in [5.74, 6) is 1.62. The Bertz CT molecular complexity index is 968. The monoisotopic (exact) mass is 421 g/mol. The molecule has 30 heavy (non-hydrogen) atoms. The molecule has 1 amide bonds. The first kappa shape index (κ1) is 20.6. The number of pyridine rings is 1. The average molecular weight is 422 g/mol. The third-order valence-corrected chi connectivity index (χ3v) is 6.82. The zero-order valence-electron chi connectivity index (χ0n) is 17.4. The fourth-order valence-electron chi connectivity index (χ4n) is 3.94. The highest BCUT2D eigenvalue weighted by Gasteiger charge is 2.28. The third-order valence-electron chi connectivity index (χ3n) is 5.70. The van der Waals surface area contributed by atoms with Gasteiger partial charge in [-0.1, -0.05) is 42.1 Å². The predicted molar refractivity (Wildman–Crippen MR) is 119 cm³/mol. The Kier molecular flexibility index (Phi) is 6.47. The van der Waals surface area contributed by atoms with E-state index < -0.39 is 0 Å². The van der Waals surface area contributed by atoms with Crippen LogP contribution in [-0.4, -0.2) is 48.9 Å². The molecule has 2 aromatic heterocycles. The van der Waals surface area contributed by atoms with E-state index in [1.54, 1.807) is 12.4 Å². The van der Waals surface area contributed by atoms with E-state index in [4.69, 9.17) is 0 Å². The Balaban J connectivity index is 1.32. The number of carbonyl (C=O) groups excluding carboxylic acids is 1. The fraction of sp³-hybridized carbons (Fsp3) is 0.391. The van der Waals surface area contributed by atoms with E-state index in [1.165, 1.54) is 17.3 Å². The molecule has 1 fully saturated rings. The molecule has 0 aliphatic carbocycles. The van der Waals surface area contributed by atoms with Crippen molar-refractivity contribution in [3.05, 3.63) is 60.4 Å². The molecule has 7 heteroatoms. The van der Waals surface area contributed by atoms with Crippen LogP contribution in [0.2, 0.25) is 0 Å². The van der Waals surface area contributed by atoms with Gasteiger partial charge in [0.1, 0.15) is 0 Å². The summed E-state index contributed by atoms with van der Waals surface area (Å²) in [5.41, 5.74) is 2.35. The molecule has 1 atom stereocenters. The number of thioether (sulfide) groups is 1. The zero-order chi connectivity index (χ0) is 20.9. The highest BCUT2D eigenvalue weighted by Crippen LogP contribution is 2.28. The minimum Gasteiger partial charge on any atom is -0.342 e. The molecule has 1 saturated heterocycles. The summed E-state index contributed by atoms with van der Waals surface area (Å²) in [7, 11) is 1.93. The molecule has 0 spiro atoms. The maximum absolute atomic E-state index is 13.0. The van der Waals surface area contributed by atoms with E-state index in [0.29, 0.717) is 5.92 Å². The van der Waals surface area contributed by atoms with E-state index in [-0.39, 0.29) is 11.2 Å². The highest BCUT2D eigenvalue weighted by atomic mass is 32.2. The first-order valence-corrected chi connectivity index (χ1v) is 11.3. The molecule has 0 radical (unpaired) electrons. The number of benzene rings is 1. The first-order chi connectivity index (χ1) is 14.6. The Labute approximate surface area is 181 Å². The smallest absolute Gasteiger partial charge is 0.235 e. The summed E-state index contributed by atoms with van der Waals surface area (Å²) in [4.78, 5) is 19.1. The Morgan fingerprint density at radius 2 is 1.80 bits per heavy atom. The average Bonchev–Trinajstić information content (AvgIpc) is 3.15. The lowest BCUT2D eigenvalue weighted by Crippen LogP contribution is -2.42. The van der Waals surface area contributed by atoms with Crippen LogP contribution in [0.25, 0.3) is 11.4 Å². The third kappa shape index (κ3) is 4.73. The van der Waals surface area contributed by atoms with Crippen molar-refractivity contribution in [1.29, 1.82) is 0 Å². The van der Waals surface area contributed by atoms with Gasteiger partial charge < -0.3 is 9.47 Å². The summed E-state index contributed by atoms with van der Waals surface area (Å²) in [6.45, 7) is 3.63. The number of carbonyl (C=O) groups is 1. The van der Waals surface area contributed by atoms with Crippen molar-refractivity contribution in [2.75, 3.05) is 13.1 Å². The van der Waals surface area contributed by atoms with Gasteiger partial charge in [-0.15, -0.1) is 10.2 Å². The number of likely N-dealkylation sites (tertiary alicyclic amines) is 1. The second-order valence-electron chi connectivity index (χ2n) is 7.82. The van der Waals surface area contributed by atoms with Crippen LogP contribution in [0.1, 0.15) is 25.3 Å². The summed E-state index contributed by atoms with van der Waals surface area (Å²) in [6.07, 6.45) is 6.71. The molecule has 0 unspecified atom stereocenters. The van der Waals surface area contributed by atoms with Crippen molar-refractivity contribution in [3.63, 3.8) is 0 Å². The number of hydrogen-bond acceptors (Lipinski definition) is 5. The van der Waals surface area contributed by atoms with Gasteiger partial charge >= 0.3 is 0 Å². The van der Waals surface area contributed by atoms with Gasteiger partial charge in [0.2, 0.25) is 5.91 Å². The van der Waals surface area contributed by atoms with Crippen LogP contribution in [0.3, 0.4) is 0 Å². The minimum atomic E-state index is -0.191. The molecule has 1 aromatic carbocycles. The zero-order valence-corrected chi connectivity index (χ0v) is 18.3. The maximum Gasteiger partial charge on any atom is 0.235 e. The van der Waals surface area contributed by atoms with Gasteiger partial charge in [-0.05, 0) is 49.8 Å². The topological polar surface area (TPSA) is 63.9 Å². The lowest BCUT2D eigenvalue weighted by atomic mass is 9.90. The lowest BCUT2D eigenvalue weighted by molar-refractivity contribution is -0.131. The molecule has 0 saturated carbocycles. The van der Waals surface area contributed by atoms with Crippen LogP contribution in [0, 0.1) is 5.92 Å². The quantitative estimate of drug-likeness (QED) is 0.566. The number of nitrogens with zero attached hydrogens (tertiary/aromatic N) is 5. The normalized spacial score (nSPS) is 15.9. The highest BCUT2D eigenvalue weighted by molar-refractivity contribution is 8.00. The van der Waals surface area contributed by atoms with Crippen LogP contribution < -0.4 is 0 Å². The summed E-state index contributed by atoms with van der Waals surface area (Å²) < 4.78 is 1.94. The fourth-order valence-corrected chi connectivity index (χ4v) is 4.84. The van der Waals surface area contributed by atoms with Crippen LogP contribution in [0.4, 0.5) is 0 Å². The number of aromatic nitrogens is 4. The van der Waals surface area contributed by atoms with Gasteiger partial charge in [0.15, 0.2) is 11.0 Å². The molecular formula is C23H27N5OS. The maximum atomic E-state index is 13.0. The molecule has 156 valence electrons. The predicted octanol–water partition coefficient (Wildman–Crippen LogP) is 3.84. The van der Waals surface area contributed by atoms with Crippen molar-refractivity contribution in [2.24, 2.45) is 13.0 Å². The molecule has 0 bridgehead atoms. The summed E-state index contributed by atoms with van der Waals surface area (Å²) in [6, 6.07) is 14.5. The Hall–Kier alpha value is -2.67. The van der Waals surface area contributed by atoms with Gasteiger partial charge in [0.05, 0.1) is 5.25 Å². The number of amides is 1. The molecule has 1 aliphatic heterocycles. The van der Waals surface area contributed by atoms with Crippen LogP contribution in [0.5, 0.6) is 0 Å². The van der Waals surface area contributed by atoms with Crippen molar-refractivity contribution in [2.45, 2.75) is 36.6 Å². The van der Waals surface area contributed by atoms with Gasteiger partial charge in [0, 0.05) is 38.1 Å². The number of rotatable bonds is 6. The molecular weight excluding hydrogens is 394 g/mol. The molecule has 3 aromatic rings. The standard InChI is InChI=1S/C23H27N5OS/c1-17(30-23-26-25-21(27(23)2)20-8-12-24-13-9-20)22(29)28-14-10-19(11-15-28)16-18-6-4-3-5-7-18/h3-9,12-13,17,19H,10-11,14-16H2,1-2H3/t17-/m0/s1. The van der Waals surface area contributed by atoms with Gasteiger partial charge in [0.25, 0.3) is 0 Å². The SMILES string of the molecule is C[C@H](Sc1nnc(-c2ccncc2)n1C)C(=O)N1CCC(Cc2ccccc2)CC1. The minimum absolute atomic E-state index is 0.187. The summed E-state index contributed by atoms with van der Waals surface area (Å²) >= 11 is 1.47. The Morgan fingerprint density at radius 1 is 1.10 bits per heavy atom. The van der Waals surface area contributed by atoms with Gasteiger partial charge in [-0.3, -0.25) is 9.78 Å².